The molecule has 1 N–H and O–H groups in total. The molecule has 0 spiro atoms. The van der Waals surface area contributed by atoms with Crippen molar-refractivity contribution in [2.45, 2.75) is 39.2 Å². The summed E-state index contributed by atoms with van der Waals surface area (Å²) in [5.74, 6) is -0.531. The molecule has 0 rings (SSSR count). The highest BCUT2D eigenvalue weighted by atomic mass is 16.5. The normalized spacial score (nSPS) is 15.3. The third kappa shape index (κ3) is 3.72. The maximum atomic E-state index is 10.8. The molecule has 0 aromatic heterocycles. The van der Waals surface area contributed by atoms with E-state index in [-0.39, 0.29) is 5.92 Å². The second-order valence-electron chi connectivity index (χ2n) is 3.09. The van der Waals surface area contributed by atoms with Gasteiger partial charge in [0, 0.05) is 0 Å². The third-order valence-electron chi connectivity index (χ3n) is 1.99. The van der Waals surface area contributed by atoms with Crippen LogP contribution in [0.4, 0.5) is 0 Å². The van der Waals surface area contributed by atoms with Crippen LogP contribution in [0, 0.1) is 5.92 Å². The molecular formula is C9H18O3. The summed E-state index contributed by atoms with van der Waals surface area (Å²) < 4.78 is 4.42. The highest BCUT2D eigenvalue weighted by Gasteiger charge is 2.21. The Morgan fingerprint density at radius 3 is 2.58 bits per heavy atom. The highest BCUT2D eigenvalue weighted by Crippen LogP contribution is 2.12. The number of carbonyl (C=O) groups is 1. The van der Waals surface area contributed by atoms with Gasteiger partial charge in [0.15, 0.2) is 6.10 Å². The number of hydrogen-bond acceptors (Lipinski definition) is 3. The molecule has 0 aliphatic heterocycles. The summed E-state index contributed by atoms with van der Waals surface area (Å²) >= 11 is 0. The maximum Gasteiger partial charge on any atom is 0.334 e. The van der Waals surface area contributed by atoms with Crippen LogP contribution in [0.3, 0.4) is 0 Å². The average molecular weight is 174 g/mol. The van der Waals surface area contributed by atoms with E-state index in [2.05, 4.69) is 11.7 Å². The fourth-order valence-corrected chi connectivity index (χ4v) is 1.04. The van der Waals surface area contributed by atoms with Gasteiger partial charge < -0.3 is 9.84 Å². The number of hydrogen-bond donors (Lipinski definition) is 1. The first-order valence-electron chi connectivity index (χ1n) is 4.39. The largest absolute Gasteiger partial charge is 0.467 e. The molecule has 3 nitrogen and oxygen atoms in total. The van der Waals surface area contributed by atoms with E-state index in [4.69, 9.17) is 0 Å². The first-order chi connectivity index (χ1) is 5.63. The lowest BCUT2D eigenvalue weighted by Crippen LogP contribution is -2.28. The second kappa shape index (κ2) is 6.00. The second-order valence-corrected chi connectivity index (χ2v) is 3.09. The lowest BCUT2D eigenvalue weighted by molar-refractivity contribution is -0.153. The average Bonchev–Trinajstić information content (AvgIpc) is 2.11. The Morgan fingerprint density at radius 2 is 2.17 bits per heavy atom. The van der Waals surface area contributed by atoms with Crippen molar-refractivity contribution in [3.05, 3.63) is 0 Å². The number of rotatable bonds is 5. The Kier molecular flexibility index (Phi) is 5.72. The van der Waals surface area contributed by atoms with Crippen LogP contribution in [0.2, 0.25) is 0 Å². The van der Waals surface area contributed by atoms with Crippen molar-refractivity contribution in [1.29, 1.82) is 0 Å². The van der Waals surface area contributed by atoms with Gasteiger partial charge in [-0.2, -0.15) is 0 Å². The van der Waals surface area contributed by atoms with Gasteiger partial charge in [0.2, 0.25) is 0 Å². The first-order valence-corrected chi connectivity index (χ1v) is 4.39. The van der Waals surface area contributed by atoms with Crippen molar-refractivity contribution in [2.24, 2.45) is 5.92 Å². The number of methoxy groups -OCH3 is 1. The maximum absolute atomic E-state index is 10.8. The van der Waals surface area contributed by atoms with Gasteiger partial charge in [-0.1, -0.05) is 26.7 Å². The number of aliphatic hydroxyl groups is 1. The minimum atomic E-state index is -0.957. The molecule has 0 saturated heterocycles. The predicted octanol–water partition coefficient (Wildman–Crippen LogP) is 1.35. The molecule has 0 aromatic rings. The number of esters is 1. The molecule has 0 fully saturated rings. The van der Waals surface area contributed by atoms with Crippen LogP contribution in [0.1, 0.15) is 33.1 Å². The lowest BCUT2D eigenvalue weighted by atomic mass is 9.98. The van der Waals surface area contributed by atoms with E-state index in [9.17, 15) is 9.90 Å². The van der Waals surface area contributed by atoms with Crippen molar-refractivity contribution in [2.75, 3.05) is 7.11 Å². The zero-order chi connectivity index (χ0) is 9.56. The van der Waals surface area contributed by atoms with Gasteiger partial charge in [0.05, 0.1) is 7.11 Å². The molecule has 2 atom stereocenters. The molecule has 0 amide bonds. The van der Waals surface area contributed by atoms with Crippen molar-refractivity contribution in [3.8, 4) is 0 Å². The van der Waals surface area contributed by atoms with Gasteiger partial charge in [0.1, 0.15) is 0 Å². The standard InChI is InChI=1S/C9H18O3/c1-4-5-6-7(2)8(10)9(11)12-3/h7-8,10H,4-6H2,1-3H3. The Balaban J connectivity index is 3.75. The van der Waals surface area contributed by atoms with Crippen molar-refractivity contribution < 1.29 is 14.6 Å². The van der Waals surface area contributed by atoms with Crippen LogP contribution in [0.5, 0.6) is 0 Å². The number of ether oxygens (including phenoxy) is 1. The Hall–Kier alpha value is -0.570. The summed E-state index contributed by atoms with van der Waals surface area (Å²) in [6.45, 7) is 3.94. The Morgan fingerprint density at radius 1 is 1.58 bits per heavy atom. The molecule has 72 valence electrons. The first kappa shape index (κ1) is 11.4. The van der Waals surface area contributed by atoms with Crippen LogP contribution in [-0.4, -0.2) is 24.3 Å². The van der Waals surface area contributed by atoms with E-state index in [0.29, 0.717) is 0 Å². The van der Waals surface area contributed by atoms with Gasteiger partial charge in [-0.3, -0.25) is 0 Å². The summed E-state index contributed by atoms with van der Waals surface area (Å²) in [6.07, 6.45) is 2.03. The molecule has 12 heavy (non-hydrogen) atoms. The highest BCUT2D eigenvalue weighted by molar-refractivity contribution is 5.74. The van der Waals surface area contributed by atoms with Crippen LogP contribution < -0.4 is 0 Å². The molecule has 0 aliphatic carbocycles. The number of unbranched alkanes of at least 4 members (excludes halogenated alkanes) is 1. The molecular weight excluding hydrogens is 156 g/mol. The predicted molar refractivity (Wildman–Crippen MR) is 46.7 cm³/mol. The van der Waals surface area contributed by atoms with E-state index in [0.717, 1.165) is 19.3 Å². The fourth-order valence-electron chi connectivity index (χ4n) is 1.04. The van der Waals surface area contributed by atoms with E-state index >= 15 is 0 Å². The smallest absolute Gasteiger partial charge is 0.334 e. The van der Waals surface area contributed by atoms with Gasteiger partial charge in [-0.15, -0.1) is 0 Å². The third-order valence-corrected chi connectivity index (χ3v) is 1.99. The molecule has 0 radical (unpaired) electrons. The van der Waals surface area contributed by atoms with Crippen molar-refractivity contribution in [3.63, 3.8) is 0 Å². The Labute approximate surface area is 73.7 Å². The number of carbonyl (C=O) groups excluding carboxylic acids is 1. The van der Waals surface area contributed by atoms with Crippen LogP contribution in [-0.2, 0) is 9.53 Å². The summed E-state index contributed by atoms with van der Waals surface area (Å²) in [4.78, 5) is 10.8. The van der Waals surface area contributed by atoms with Gasteiger partial charge in [-0.05, 0) is 12.3 Å². The van der Waals surface area contributed by atoms with E-state index in [1.807, 2.05) is 6.92 Å². The zero-order valence-electron chi connectivity index (χ0n) is 8.04. The van der Waals surface area contributed by atoms with Crippen LogP contribution in [0.15, 0.2) is 0 Å². The summed E-state index contributed by atoms with van der Waals surface area (Å²) in [5, 5.41) is 9.34. The molecule has 3 heteroatoms. The monoisotopic (exact) mass is 174 g/mol. The molecule has 0 aliphatic rings. The summed E-state index contributed by atoms with van der Waals surface area (Å²) in [6, 6.07) is 0. The molecule has 2 unspecified atom stereocenters. The minimum absolute atomic E-state index is 0.00241. The lowest BCUT2D eigenvalue weighted by Gasteiger charge is -2.15. The van der Waals surface area contributed by atoms with E-state index in [1.165, 1.54) is 7.11 Å². The Bertz CT molecular complexity index is 134. The summed E-state index contributed by atoms with van der Waals surface area (Å²) in [5.41, 5.74) is 0. The van der Waals surface area contributed by atoms with Crippen LogP contribution in [0.25, 0.3) is 0 Å². The molecule has 0 saturated carbocycles. The quantitative estimate of drug-likeness (QED) is 0.640. The van der Waals surface area contributed by atoms with Gasteiger partial charge in [-0.25, -0.2) is 4.79 Å². The molecule has 0 aromatic carbocycles. The summed E-state index contributed by atoms with van der Waals surface area (Å²) in [7, 11) is 1.29. The SMILES string of the molecule is CCCCC(C)C(O)C(=O)OC. The zero-order valence-corrected chi connectivity index (χ0v) is 8.04. The minimum Gasteiger partial charge on any atom is -0.467 e. The molecule has 0 bridgehead atoms. The fraction of sp³-hybridized carbons (Fsp3) is 0.889. The van der Waals surface area contributed by atoms with Crippen molar-refractivity contribution >= 4 is 5.97 Å². The van der Waals surface area contributed by atoms with E-state index < -0.39 is 12.1 Å². The topological polar surface area (TPSA) is 46.5 Å². The van der Waals surface area contributed by atoms with Crippen LogP contribution >= 0.6 is 0 Å². The molecule has 0 heterocycles. The number of aliphatic hydroxyl groups excluding tert-OH is 1. The van der Waals surface area contributed by atoms with Crippen molar-refractivity contribution in [1.82, 2.24) is 0 Å². The van der Waals surface area contributed by atoms with Gasteiger partial charge in [0.25, 0.3) is 0 Å². The van der Waals surface area contributed by atoms with E-state index in [1.54, 1.807) is 0 Å². The van der Waals surface area contributed by atoms with Gasteiger partial charge >= 0.3 is 5.97 Å².